The third kappa shape index (κ3) is 8.73. The van der Waals surface area contributed by atoms with Gasteiger partial charge in [0.2, 0.25) is 0 Å². The standard InChI is InChI=1S/C14H26N4S.HI/c1-4-6-9-16-14(15-5-2)17-10-7-8-13-18-12(3)11-19-13;/h11H,4-10H2,1-3H3,(H2,15,16,17);1H. The van der Waals surface area contributed by atoms with Crippen LogP contribution in [0.2, 0.25) is 0 Å². The Bertz CT molecular complexity index is 379. The van der Waals surface area contributed by atoms with Crippen LogP contribution in [0.4, 0.5) is 0 Å². The lowest BCUT2D eigenvalue weighted by Gasteiger charge is -2.10. The molecule has 0 aliphatic carbocycles. The smallest absolute Gasteiger partial charge is 0.191 e. The summed E-state index contributed by atoms with van der Waals surface area (Å²) >= 11 is 1.74. The van der Waals surface area contributed by atoms with E-state index in [1.807, 2.05) is 6.92 Å². The normalized spacial score (nSPS) is 11.1. The minimum absolute atomic E-state index is 0. The number of hydrogen-bond acceptors (Lipinski definition) is 3. The molecule has 20 heavy (non-hydrogen) atoms. The first kappa shape index (κ1) is 19.6. The molecule has 0 bridgehead atoms. The van der Waals surface area contributed by atoms with Crippen LogP contribution in [-0.2, 0) is 6.42 Å². The monoisotopic (exact) mass is 410 g/mol. The fourth-order valence-electron chi connectivity index (χ4n) is 1.66. The maximum Gasteiger partial charge on any atom is 0.191 e. The second-order valence-corrected chi connectivity index (χ2v) is 5.47. The van der Waals surface area contributed by atoms with Gasteiger partial charge < -0.3 is 10.6 Å². The number of thiazole rings is 1. The highest BCUT2D eigenvalue weighted by Crippen LogP contribution is 2.10. The predicted molar refractivity (Wildman–Crippen MR) is 99.5 cm³/mol. The number of aromatic nitrogens is 1. The Kier molecular flexibility index (Phi) is 12.1. The summed E-state index contributed by atoms with van der Waals surface area (Å²) in [6.07, 6.45) is 4.46. The van der Waals surface area contributed by atoms with Crippen LogP contribution < -0.4 is 10.6 Å². The Hall–Kier alpha value is -0.370. The van der Waals surface area contributed by atoms with Crippen LogP contribution in [0.15, 0.2) is 10.4 Å². The predicted octanol–water partition coefficient (Wildman–Crippen LogP) is 3.36. The van der Waals surface area contributed by atoms with Gasteiger partial charge in [0.25, 0.3) is 0 Å². The molecule has 0 saturated carbocycles. The van der Waals surface area contributed by atoms with Gasteiger partial charge in [-0.2, -0.15) is 0 Å². The van der Waals surface area contributed by atoms with Gasteiger partial charge in [0, 0.05) is 37.1 Å². The summed E-state index contributed by atoms with van der Waals surface area (Å²) in [5, 5.41) is 9.95. The van der Waals surface area contributed by atoms with Crippen LogP contribution >= 0.6 is 35.3 Å². The molecule has 0 unspecified atom stereocenters. The van der Waals surface area contributed by atoms with Crippen LogP contribution in [-0.4, -0.2) is 30.6 Å². The number of nitrogens with zero attached hydrogens (tertiary/aromatic N) is 2. The van der Waals surface area contributed by atoms with Crippen molar-refractivity contribution in [3.63, 3.8) is 0 Å². The lowest BCUT2D eigenvalue weighted by atomic mass is 10.3. The van der Waals surface area contributed by atoms with E-state index in [0.29, 0.717) is 0 Å². The zero-order valence-corrected chi connectivity index (χ0v) is 15.9. The van der Waals surface area contributed by atoms with E-state index in [1.165, 1.54) is 17.8 Å². The van der Waals surface area contributed by atoms with Crippen LogP contribution in [0.5, 0.6) is 0 Å². The molecule has 1 rings (SSSR count). The number of rotatable bonds is 8. The molecule has 0 aromatic carbocycles. The van der Waals surface area contributed by atoms with Gasteiger partial charge in [0.05, 0.1) is 5.01 Å². The second kappa shape index (κ2) is 12.4. The first-order valence-corrected chi connectivity index (χ1v) is 8.07. The SMILES string of the molecule is CCCCNC(=NCCCc1nc(C)cs1)NCC.I. The summed E-state index contributed by atoms with van der Waals surface area (Å²) < 4.78 is 0. The van der Waals surface area contributed by atoms with Gasteiger partial charge in [-0.25, -0.2) is 4.98 Å². The molecule has 0 aliphatic rings. The number of guanidine groups is 1. The fourth-order valence-corrected chi connectivity index (χ4v) is 2.48. The molecule has 0 amide bonds. The highest BCUT2D eigenvalue weighted by molar-refractivity contribution is 14.0. The van der Waals surface area contributed by atoms with E-state index in [4.69, 9.17) is 0 Å². The van der Waals surface area contributed by atoms with Crippen molar-refractivity contribution in [2.24, 2.45) is 4.99 Å². The molecule has 0 atom stereocenters. The van der Waals surface area contributed by atoms with Gasteiger partial charge in [-0.05, 0) is 26.7 Å². The topological polar surface area (TPSA) is 49.3 Å². The molecular formula is C14H27IN4S. The average molecular weight is 410 g/mol. The third-order valence-electron chi connectivity index (χ3n) is 2.65. The first-order chi connectivity index (χ1) is 9.26. The minimum atomic E-state index is 0. The fraction of sp³-hybridized carbons (Fsp3) is 0.714. The van der Waals surface area contributed by atoms with E-state index < -0.39 is 0 Å². The number of aliphatic imine (C=N–C) groups is 1. The lowest BCUT2D eigenvalue weighted by Crippen LogP contribution is -2.37. The number of hydrogen-bond donors (Lipinski definition) is 2. The van der Waals surface area contributed by atoms with E-state index in [0.717, 1.165) is 44.1 Å². The second-order valence-electron chi connectivity index (χ2n) is 4.53. The molecule has 116 valence electrons. The van der Waals surface area contributed by atoms with Crippen molar-refractivity contribution in [1.29, 1.82) is 0 Å². The molecule has 0 fully saturated rings. The van der Waals surface area contributed by atoms with Crippen molar-refractivity contribution in [2.45, 2.75) is 46.5 Å². The summed E-state index contributed by atoms with van der Waals surface area (Å²) in [5.74, 6) is 0.936. The molecule has 4 nitrogen and oxygen atoms in total. The Morgan fingerprint density at radius 2 is 2.10 bits per heavy atom. The molecule has 1 heterocycles. The summed E-state index contributed by atoms with van der Waals surface area (Å²) in [5.41, 5.74) is 1.12. The zero-order chi connectivity index (χ0) is 13.9. The highest BCUT2D eigenvalue weighted by atomic mass is 127. The molecule has 0 saturated heterocycles. The Morgan fingerprint density at radius 1 is 1.30 bits per heavy atom. The van der Waals surface area contributed by atoms with E-state index in [1.54, 1.807) is 11.3 Å². The zero-order valence-electron chi connectivity index (χ0n) is 12.7. The van der Waals surface area contributed by atoms with Gasteiger partial charge >= 0.3 is 0 Å². The third-order valence-corrected chi connectivity index (χ3v) is 3.68. The van der Waals surface area contributed by atoms with Crippen molar-refractivity contribution >= 4 is 41.3 Å². The van der Waals surface area contributed by atoms with Gasteiger partial charge in [-0.1, -0.05) is 13.3 Å². The molecule has 2 N–H and O–H groups in total. The Labute approximate surface area is 143 Å². The number of unbranched alkanes of at least 4 members (excludes halogenated alkanes) is 1. The van der Waals surface area contributed by atoms with Crippen molar-refractivity contribution in [3.8, 4) is 0 Å². The van der Waals surface area contributed by atoms with E-state index >= 15 is 0 Å². The summed E-state index contributed by atoms with van der Waals surface area (Å²) in [4.78, 5) is 9.04. The molecule has 0 spiro atoms. The van der Waals surface area contributed by atoms with Crippen LogP contribution in [0.3, 0.4) is 0 Å². The average Bonchev–Trinajstić information content (AvgIpc) is 2.80. The summed E-state index contributed by atoms with van der Waals surface area (Å²) in [6.45, 7) is 9.08. The van der Waals surface area contributed by atoms with Crippen LogP contribution in [0.1, 0.15) is 43.8 Å². The number of nitrogens with one attached hydrogen (secondary N) is 2. The molecular weight excluding hydrogens is 383 g/mol. The van der Waals surface area contributed by atoms with Crippen molar-refractivity contribution in [1.82, 2.24) is 15.6 Å². The lowest BCUT2D eigenvalue weighted by molar-refractivity contribution is 0.725. The van der Waals surface area contributed by atoms with Crippen LogP contribution in [0, 0.1) is 6.92 Å². The largest absolute Gasteiger partial charge is 0.357 e. The molecule has 0 radical (unpaired) electrons. The summed E-state index contributed by atoms with van der Waals surface area (Å²) in [7, 11) is 0. The van der Waals surface area contributed by atoms with Crippen molar-refractivity contribution in [2.75, 3.05) is 19.6 Å². The van der Waals surface area contributed by atoms with Gasteiger partial charge in [0.15, 0.2) is 5.96 Å². The molecule has 1 aromatic rings. The Balaban J connectivity index is 0.00000361. The quantitative estimate of drug-likeness (QED) is 0.299. The van der Waals surface area contributed by atoms with Crippen LogP contribution in [0.25, 0.3) is 0 Å². The highest BCUT2D eigenvalue weighted by Gasteiger charge is 1.99. The summed E-state index contributed by atoms with van der Waals surface area (Å²) in [6, 6.07) is 0. The first-order valence-electron chi connectivity index (χ1n) is 7.19. The van der Waals surface area contributed by atoms with E-state index in [2.05, 4.69) is 39.8 Å². The maximum absolute atomic E-state index is 4.58. The molecule has 6 heteroatoms. The van der Waals surface area contributed by atoms with Crippen molar-refractivity contribution in [3.05, 3.63) is 16.1 Å². The van der Waals surface area contributed by atoms with Gasteiger partial charge in [0.1, 0.15) is 0 Å². The Morgan fingerprint density at radius 3 is 2.70 bits per heavy atom. The molecule has 0 aliphatic heterocycles. The van der Waals surface area contributed by atoms with Crippen molar-refractivity contribution < 1.29 is 0 Å². The van der Waals surface area contributed by atoms with Gasteiger partial charge in [-0.15, -0.1) is 35.3 Å². The van der Waals surface area contributed by atoms with Gasteiger partial charge in [-0.3, -0.25) is 4.99 Å². The number of aryl methyl sites for hydroxylation is 2. The minimum Gasteiger partial charge on any atom is -0.357 e. The number of halogens is 1. The maximum atomic E-state index is 4.58. The van der Waals surface area contributed by atoms with E-state index in [9.17, 15) is 0 Å². The van der Waals surface area contributed by atoms with E-state index in [-0.39, 0.29) is 24.0 Å². The molecule has 1 aromatic heterocycles.